The molecule has 0 saturated heterocycles. The molecule has 1 nitrogen and oxygen atoms in total. The first kappa shape index (κ1) is 11.3. The van der Waals surface area contributed by atoms with Gasteiger partial charge in [0.2, 0.25) is 0 Å². The number of thiophene rings is 1. The molecule has 1 heterocycles. The van der Waals surface area contributed by atoms with E-state index in [4.69, 9.17) is 0 Å². The monoisotopic (exact) mass is 207 g/mol. The van der Waals surface area contributed by atoms with Gasteiger partial charge in [0.25, 0.3) is 0 Å². The normalized spacial score (nSPS) is 11.9. The van der Waals surface area contributed by atoms with Crippen LogP contribution in [-0.4, -0.2) is 6.54 Å². The van der Waals surface area contributed by atoms with Crippen LogP contribution in [0.2, 0.25) is 0 Å². The van der Waals surface area contributed by atoms with E-state index >= 15 is 0 Å². The van der Waals surface area contributed by atoms with Crippen LogP contribution in [0.4, 0.5) is 0 Å². The Hall–Kier alpha value is -0.780. The zero-order chi connectivity index (χ0) is 10.2. The van der Waals surface area contributed by atoms with Crippen molar-refractivity contribution in [1.82, 2.24) is 5.32 Å². The maximum Gasteiger partial charge on any atom is 0.0337 e. The Morgan fingerprint density at radius 1 is 1.57 bits per heavy atom. The van der Waals surface area contributed by atoms with Crippen molar-refractivity contribution < 1.29 is 0 Å². The second-order valence-corrected chi connectivity index (χ2v) is 3.91. The Morgan fingerprint density at radius 2 is 2.43 bits per heavy atom. The molecule has 76 valence electrons. The Bertz CT molecular complexity index is 292. The third-order valence-electron chi connectivity index (χ3n) is 2.13. The van der Waals surface area contributed by atoms with E-state index in [0.29, 0.717) is 6.04 Å². The van der Waals surface area contributed by atoms with Crippen LogP contribution in [0.3, 0.4) is 0 Å². The Morgan fingerprint density at radius 3 is 3.00 bits per heavy atom. The molecule has 0 radical (unpaired) electrons. The van der Waals surface area contributed by atoms with E-state index < -0.39 is 0 Å². The van der Waals surface area contributed by atoms with E-state index in [1.165, 1.54) is 5.56 Å². The summed E-state index contributed by atoms with van der Waals surface area (Å²) < 4.78 is 0. The van der Waals surface area contributed by atoms with Gasteiger partial charge in [-0.2, -0.15) is 11.3 Å². The van der Waals surface area contributed by atoms with Crippen molar-refractivity contribution in [1.29, 1.82) is 0 Å². The molecule has 1 N–H and O–H groups in total. The lowest BCUT2D eigenvalue weighted by molar-refractivity contribution is 0.524. The first-order chi connectivity index (χ1) is 6.88. The Balaban J connectivity index is 2.50. The minimum absolute atomic E-state index is 0.479. The topological polar surface area (TPSA) is 12.0 Å². The van der Waals surface area contributed by atoms with Gasteiger partial charge in [0.1, 0.15) is 0 Å². The molecule has 0 bridgehead atoms. The summed E-state index contributed by atoms with van der Waals surface area (Å²) in [6.07, 6.45) is 2.08. The van der Waals surface area contributed by atoms with Crippen molar-refractivity contribution in [2.45, 2.75) is 32.7 Å². The summed E-state index contributed by atoms with van der Waals surface area (Å²) in [5.41, 5.74) is 1.40. The summed E-state index contributed by atoms with van der Waals surface area (Å²) >= 11 is 1.76. The SMILES string of the molecule is CC#CCCC(NCC)c1ccsc1. The summed E-state index contributed by atoms with van der Waals surface area (Å²) in [5.74, 6) is 6.05. The zero-order valence-electron chi connectivity index (χ0n) is 8.84. The van der Waals surface area contributed by atoms with E-state index in [2.05, 4.69) is 40.9 Å². The molecular weight excluding hydrogens is 190 g/mol. The van der Waals surface area contributed by atoms with E-state index in [0.717, 1.165) is 19.4 Å². The van der Waals surface area contributed by atoms with Gasteiger partial charge in [0, 0.05) is 12.5 Å². The first-order valence-corrected chi connectivity index (χ1v) is 5.97. The third kappa shape index (κ3) is 3.53. The van der Waals surface area contributed by atoms with Crippen molar-refractivity contribution in [3.63, 3.8) is 0 Å². The second kappa shape index (κ2) is 6.64. The molecule has 1 aromatic heterocycles. The zero-order valence-corrected chi connectivity index (χ0v) is 9.66. The molecule has 0 saturated carbocycles. The second-order valence-electron chi connectivity index (χ2n) is 3.13. The van der Waals surface area contributed by atoms with Crippen molar-refractivity contribution in [3.05, 3.63) is 22.4 Å². The van der Waals surface area contributed by atoms with Crippen LogP contribution in [0.5, 0.6) is 0 Å². The average Bonchev–Trinajstić information content (AvgIpc) is 2.70. The molecule has 0 aromatic carbocycles. The summed E-state index contributed by atoms with van der Waals surface area (Å²) in [5, 5.41) is 7.83. The summed E-state index contributed by atoms with van der Waals surface area (Å²) in [6.45, 7) is 5.05. The highest BCUT2D eigenvalue weighted by molar-refractivity contribution is 7.07. The van der Waals surface area contributed by atoms with Gasteiger partial charge in [-0.15, -0.1) is 11.8 Å². The van der Waals surface area contributed by atoms with Gasteiger partial charge in [0.05, 0.1) is 0 Å². The summed E-state index contributed by atoms with van der Waals surface area (Å²) in [6, 6.07) is 2.67. The van der Waals surface area contributed by atoms with Crippen molar-refractivity contribution >= 4 is 11.3 Å². The first-order valence-electron chi connectivity index (χ1n) is 5.03. The van der Waals surface area contributed by atoms with Crippen LogP contribution in [0.1, 0.15) is 38.3 Å². The van der Waals surface area contributed by atoms with Gasteiger partial charge in [0.15, 0.2) is 0 Å². The largest absolute Gasteiger partial charge is 0.310 e. The number of rotatable bonds is 5. The van der Waals surface area contributed by atoms with Crippen LogP contribution in [0.15, 0.2) is 16.8 Å². The average molecular weight is 207 g/mol. The lowest BCUT2D eigenvalue weighted by atomic mass is 10.1. The van der Waals surface area contributed by atoms with Crippen LogP contribution in [-0.2, 0) is 0 Å². The van der Waals surface area contributed by atoms with Crippen molar-refractivity contribution in [3.8, 4) is 11.8 Å². The molecule has 1 atom stereocenters. The van der Waals surface area contributed by atoms with E-state index in [9.17, 15) is 0 Å². The van der Waals surface area contributed by atoms with Gasteiger partial charge < -0.3 is 5.32 Å². The molecule has 0 aliphatic carbocycles. The molecule has 0 amide bonds. The maximum absolute atomic E-state index is 3.48. The van der Waals surface area contributed by atoms with E-state index in [1.807, 2.05) is 6.92 Å². The molecule has 0 spiro atoms. The molecular formula is C12H17NS. The fraction of sp³-hybridized carbons (Fsp3) is 0.500. The minimum Gasteiger partial charge on any atom is -0.310 e. The predicted octanol–water partition coefficient (Wildman–Crippen LogP) is 3.20. The molecule has 0 aliphatic heterocycles. The molecule has 14 heavy (non-hydrogen) atoms. The predicted molar refractivity (Wildman–Crippen MR) is 63.4 cm³/mol. The quantitative estimate of drug-likeness (QED) is 0.731. The number of hydrogen-bond acceptors (Lipinski definition) is 2. The van der Waals surface area contributed by atoms with E-state index in [-0.39, 0.29) is 0 Å². The molecule has 1 rings (SSSR count). The number of nitrogens with one attached hydrogen (secondary N) is 1. The fourth-order valence-corrected chi connectivity index (χ4v) is 2.16. The van der Waals surface area contributed by atoms with Gasteiger partial charge in [-0.1, -0.05) is 6.92 Å². The highest BCUT2D eigenvalue weighted by Crippen LogP contribution is 2.20. The standard InChI is InChI=1S/C12H17NS/c1-3-5-6-7-12(13-4-2)11-8-9-14-10-11/h8-10,12-13H,4,6-7H2,1-2H3. The van der Waals surface area contributed by atoms with Crippen LogP contribution < -0.4 is 5.32 Å². The fourth-order valence-electron chi connectivity index (χ4n) is 1.45. The van der Waals surface area contributed by atoms with Gasteiger partial charge in [-0.25, -0.2) is 0 Å². The maximum atomic E-state index is 3.48. The Labute approximate surface area is 90.5 Å². The lowest BCUT2D eigenvalue weighted by Gasteiger charge is -2.15. The summed E-state index contributed by atoms with van der Waals surface area (Å²) in [7, 11) is 0. The molecule has 1 aromatic rings. The van der Waals surface area contributed by atoms with Gasteiger partial charge in [-0.3, -0.25) is 0 Å². The smallest absolute Gasteiger partial charge is 0.0337 e. The highest BCUT2D eigenvalue weighted by Gasteiger charge is 2.08. The van der Waals surface area contributed by atoms with Crippen molar-refractivity contribution in [2.75, 3.05) is 6.54 Å². The Kier molecular flexibility index (Phi) is 5.36. The van der Waals surface area contributed by atoms with Crippen LogP contribution >= 0.6 is 11.3 Å². The molecule has 1 unspecified atom stereocenters. The van der Waals surface area contributed by atoms with Crippen molar-refractivity contribution in [2.24, 2.45) is 0 Å². The third-order valence-corrected chi connectivity index (χ3v) is 2.83. The van der Waals surface area contributed by atoms with E-state index in [1.54, 1.807) is 11.3 Å². The molecule has 0 fully saturated rings. The van der Waals surface area contributed by atoms with Gasteiger partial charge >= 0.3 is 0 Å². The van der Waals surface area contributed by atoms with Crippen LogP contribution in [0, 0.1) is 11.8 Å². The lowest BCUT2D eigenvalue weighted by Crippen LogP contribution is -2.20. The molecule has 0 aliphatic rings. The molecule has 2 heteroatoms. The summed E-state index contributed by atoms with van der Waals surface area (Å²) in [4.78, 5) is 0. The minimum atomic E-state index is 0.479. The van der Waals surface area contributed by atoms with Crippen LogP contribution in [0.25, 0.3) is 0 Å². The highest BCUT2D eigenvalue weighted by atomic mass is 32.1. The van der Waals surface area contributed by atoms with Gasteiger partial charge in [-0.05, 0) is 42.3 Å². The number of hydrogen-bond donors (Lipinski definition) is 1.